The number of rotatable bonds is 7. The molecule has 168 valence electrons. The molecule has 0 radical (unpaired) electrons. The number of anilines is 2. The van der Waals surface area contributed by atoms with Crippen molar-refractivity contribution >= 4 is 44.5 Å². The van der Waals surface area contributed by atoms with E-state index in [0.717, 1.165) is 34.0 Å². The van der Waals surface area contributed by atoms with Crippen LogP contribution >= 0.6 is 15.9 Å². The largest absolute Gasteiger partial charge is 0.353 e. The van der Waals surface area contributed by atoms with E-state index >= 15 is 4.39 Å². The minimum absolute atomic E-state index is 0.0868. The lowest BCUT2D eigenvalue weighted by atomic mass is 9.94. The number of amides is 1. The van der Waals surface area contributed by atoms with E-state index in [0.29, 0.717) is 45.0 Å². The molecule has 3 heterocycles. The highest BCUT2D eigenvalue weighted by Gasteiger charge is 2.40. The molecule has 7 nitrogen and oxygen atoms in total. The zero-order valence-electron chi connectivity index (χ0n) is 18.3. The van der Waals surface area contributed by atoms with Crippen molar-refractivity contribution in [3.05, 3.63) is 22.7 Å². The van der Waals surface area contributed by atoms with Gasteiger partial charge in [0, 0.05) is 42.3 Å². The molecular weight excluding hydrogens is 463 g/mol. The van der Waals surface area contributed by atoms with Gasteiger partial charge < -0.3 is 20.4 Å². The van der Waals surface area contributed by atoms with Gasteiger partial charge in [-0.05, 0) is 55.0 Å². The van der Waals surface area contributed by atoms with Crippen LogP contribution in [-0.2, 0) is 4.79 Å². The van der Waals surface area contributed by atoms with Crippen molar-refractivity contribution in [2.24, 2.45) is 0 Å². The van der Waals surface area contributed by atoms with Crippen LogP contribution < -0.4 is 15.5 Å². The first-order chi connectivity index (χ1) is 14.7. The Labute approximate surface area is 190 Å². The van der Waals surface area contributed by atoms with Gasteiger partial charge in [-0.1, -0.05) is 13.0 Å². The number of aromatic nitrogens is 2. The second kappa shape index (κ2) is 8.50. The van der Waals surface area contributed by atoms with Gasteiger partial charge in [0.1, 0.15) is 11.5 Å². The Morgan fingerprint density at radius 2 is 2.13 bits per heavy atom. The van der Waals surface area contributed by atoms with Crippen LogP contribution in [0.25, 0.3) is 10.9 Å². The molecule has 1 amide bonds. The van der Waals surface area contributed by atoms with Gasteiger partial charge in [-0.2, -0.15) is 4.98 Å². The maximum absolute atomic E-state index is 15.4. The Kier molecular flexibility index (Phi) is 6.09. The monoisotopic (exact) mass is 492 g/mol. The average molecular weight is 493 g/mol. The Bertz CT molecular complexity index is 988. The summed E-state index contributed by atoms with van der Waals surface area (Å²) in [5, 5.41) is 7.35. The second-order valence-electron chi connectivity index (χ2n) is 9.10. The van der Waals surface area contributed by atoms with Gasteiger partial charge in [-0.15, -0.1) is 0 Å². The van der Waals surface area contributed by atoms with E-state index in [1.165, 1.54) is 0 Å². The lowest BCUT2D eigenvalue weighted by molar-refractivity contribution is -0.119. The third kappa shape index (κ3) is 4.62. The molecule has 2 fully saturated rings. The molecule has 2 aliphatic heterocycles. The molecule has 9 heteroatoms. The van der Waals surface area contributed by atoms with Crippen molar-refractivity contribution in [1.82, 2.24) is 20.2 Å². The topological polar surface area (TPSA) is 73.4 Å². The summed E-state index contributed by atoms with van der Waals surface area (Å²) in [6.45, 7) is 3.93. The summed E-state index contributed by atoms with van der Waals surface area (Å²) < 4.78 is 16.2. The third-order valence-electron chi connectivity index (χ3n) is 6.36. The summed E-state index contributed by atoms with van der Waals surface area (Å²) in [7, 11) is 3.79. The number of carbonyl (C=O) groups is 1. The van der Waals surface area contributed by atoms with Gasteiger partial charge in [0.2, 0.25) is 11.9 Å². The van der Waals surface area contributed by atoms with Crippen molar-refractivity contribution < 1.29 is 9.18 Å². The molecule has 2 atom stereocenters. The zero-order valence-corrected chi connectivity index (χ0v) is 19.9. The molecule has 2 N–H and O–H groups in total. The van der Waals surface area contributed by atoms with Gasteiger partial charge in [-0.3, -0.25) is 4.79 Å². The van der Waals surface area contributed by atoms with Gasteiger partial charge in [0.25, 0.3) is 0 Å². The molecule has 2 unspecified atom stereocenters. The van der Waals surface area contributed by atoms with Crippen LogP contribution in [0.5, 0.6) is 0 Å². The number of nitrogens with zero attached hydrogens (tertiary/aromatic N) is 4. The van der Waals surface area contributed by atoms with Crippen molar-refractivity contribution in [3.8, 4) is 0 Å². The highest BCUT2D eigenvalue weighted by molar-refractivity contribution is 9.10. The van der Waals surface area contributed by atoms with E-state index in [2.05, 4.69) is 33.5 Å². The summed E-state index contributed by atoms with van der Waals surface area (Å²) in [5.74, 6) is 1.32. The molecule has 4 rings (SSSR count). The third-order valence-corrected chi connectivity index (χ3v) is 7.00. The summed E-state index contributed by atoms with van der Waals surface area (Å²) >= 11 is 3.60. The van der Waals surface area contributed by atoms with E-state index < -0.39 is 5.67 Å². The molecule has 2 saturated heterocycles. The molecular formula is C22H30BrFN6O. The Balaban J connectivity index is 1.64. The molecule has 1 aromatic heterocycles. The van der Waals surface area contributed by atoms with Gasteiger partial charge >= 0.3 is 0 Å². The number of alkyl halides is 1. The number of benzene rings is 1. The summed E-state index contributed by atoms with van der Waals surface area (Å²) in [6.07, 6.45) is 2.64. The molecule has 31 heavy (non-hydrogen) atoms. The van der Waals surface area contributed by atoms with Crippen molar-refractivity contribution in [2.45, 2.75) is 43.8 Å². The molecule has 2 aromatic rings. The number of fused-ring (bicyclic) bond motifs is 1. The normalized spacial score (nSPS) is 26.1. The van der Waals surface area contributed by atoms with Crippen LogP contribution in [0, 0.1) is 0 Å². The summed E-state index contributed by atoms with van der Waals surface area (Å²) in [5.41, 5.74) is -0.752. The lowest BCUT2D eigenvalue weighted by Gasteiger charge is -2.28. The van der Waals surface area contributed by atoms with E-state index in [-0.39, 0.29) is 11.4 Å². The predicted octanol–water partition coefficient (Wildman–Crippen LogP) is 3.34. The number of halogens is 2. The molecule has 2 aliphatic rings. The first kappa shape index (κ1) is 22.2. The van der Waals surface area contributed by atoms with Crippen LogP contribution in [0.3, 0.4) is 0 Å². The smallest absolute Gasteiger partial charge is 0.225 e. The van der Waals surface area contributed by atoms with Crippen LogP contribution in [0.15, 0.2) is 22.7 Å². The SMILES string of the molecule is CCC1(CNc2nc(N3CCC(F)(CN(C)C)C3)c3cccc(Br)c3n2)CCC(=O)N1. The van der Waals surface area contributed by atoms with Crippen LogP contribution in [-0.4, -0.2) is 72.3 Å². The van der Waals surface area contributed by atoms with Crippen LogP contribution in [0.4, 0.5) is 16.2 Å². The predicted molar refractivity (Wildman–Crippen MR) is 125 cm³/mol. The second-order valence-corrected chi connectivity index (χ2v) is 9.96. The molecule has 0 saturated carbocycles. The van der Waals surface area contributed by atoms with E-state index in [9.17, 15) is 4.79 Å². The average Bonchev–Trinajstić information content (AvgIpc) is 3.29. The highest BCUT2D eigenvalue weighted by atomic mass is 79.9. The fourth-order valence-electron chi connectivity index (χ4n) is 4.68. The maximum atomic E-state index is 15.4. The summed E-state index contributed by atoms with van der Waals surface area (Å²) in [4.78, 5) is 25.2. The van der Waals surface area contributed by atoms with Crippen molar-refractivity contribution in [1.29, 1.82) is 0 Å². The highest BCUT2D eigenvalue weighted by Crippen LogP contribution is 2.35. The molecule has 0 aliphatic carbocycles. The summed E-state index contributed by atoms with van der Waals surface area (Å²) in [6, 6.07) is 5.88. The van der Waals surface area contributed by atoms with E-state index in [1.807, 2.05) is 42.1 Å². The van der Waals surface area contributed by atoms with E-state index in [1.54, 1.807) is 0 Å². The Morgan fingerprint density at radius 1 is 1.32 bits per heavy atom. The Morgan fingerprint density at radius 3 is 2.81 bits per heavy atom. The van der Waals surface area contributed by atoms with Gasteiger partial charge in [0.15, 0.2) is 0 Å². The fourth-order valence-corrected chi connectivity index (χ4v) is 5.13. The number of carbonyl (C=O) groups excluding carboxylic acids is 1. The number of hydrogen-bond acceptors (Lipinski definition) is 6. The van der Waals surface area contributed by atoms with Crippen LogP contribution in [0.2, 0.25) is 0 Å². The first-order valence-electron chi connectivity index (χ1n) is 10.8. The Hall–Kier alpha value is -2.00. The molecule has 1 aromatic carbocycles. The molecule has 0 bridgehead atoms. The zero-order chi connectivity index (χ0) is 22.2. The molecule has 0 spiro atoms. The van der Waals surface area contributed by atoms with Crippen molar-refractivity contribution in [3.63, 3.8) is 0 Å². The first-order valence-corrected chi connectivity index (χ1v) is 11.6. The fraction of sp³-hybridized carbons (Fsp3) is 0.591. The van der Waals surface area contributed by atoms with Crippen molar-refractivity contribution in [2.75, 3.05) is 50.5 Å². The number of nitrogens with one attached hydrogen (secondary N) is 2. The minimum Gasteiger partial charge on any atom is -0.353 e. The standard InChI is InChI=1S/C22H30BrFN6O/c1-4-22(9-8-17(31)28-22)12-25-20-26-18-15(6-5-7-16(18)23)19(27-20)30-11-10-21(24,14-30)13-29(2)3/h5-7H,4,8-14H2,1-3H3,(H,28,31)(H,25,26,27). The van der Waals surface area contributed by atoms with E-state index in [4.69, 9.17) is 9.97 Å². The van der Waals surface area contributed by atoms with Gasteiger partial charge in [-0.25, -0.2) is 9.37 Å². The number of hydrogen-bond donors (Lipinski definition) is 2. The quantitative estimate of drug-likeness (QED) is 0.617. The van der Waals surface area contributed by atoms with Crippen LogP contribution in [0.1, 0.15) is 32.6 Å². The van der Waals surface area contributed by atoms with Gasteiger partial charge in [0.05, 0.1) is 17.6 Å². The lowest BCUT2D eigenvalue weighted by Crippen LogP contribution is -2.47. The number of para-hydroxylation sites is 1. The maximum Gasteiger partial charge on any atom is 0.225 e. The minimum atomic E-state index is -1.26.